The van der Waals surface area contributed by atoms with E-state index in [0.29, 0.717) is 13.1 Å². The summed E-state index contributed by atoms with van der Waals surface area (Å²) >= 11 is 1.64. The molecule has 0 N–H and O–H groups in total. The minimum Gasteiger partial charge on any atom is -0.481 e. The van der Waals surface area contributed by atoms with Crippen LogP contribution in [0.15, 0.2) is 35.8 Å². The maximum Gasteiger partial charge on any atom is 0.263 e. The van der Waals surface area contributed by atoms with E-state index >= 15 is 0 Å². The molecule has 2 heterocycles. The Morgan fingerprint density at radius 3 is 2.35 bits per heavy atom. The molecule has 0 bridgehead atoms. The molecule has 0 radical (unpaired) electrons. The Morgan fingerprint density at radius 1 is 1.15 bits per heavy atom. The molecule has 1 aliphatic heterocycles. The molecular weight excluding hydrogens is 346 g/mol. The number of ether oxygens (including phenoxy) is 1. The lowest BCUT2D eigenvalue weighted by Crippen LogP contribution is -2.52. The van der Waals surface area contributed by atoms with Crippen molar-refractivity contribution in [2.24, 2.45) is 0 Å². The number of carbonyl (C=O) groups is 1. The smallest absolute Gasteiger partial charge is 0.263 e. The molecule has 1 atom stereocenters. The lowest BCUT2D eigenvalue weighted by atomic mass is 9.87. The Balaban J connectivity index is 1.53. The van der Waals surface area contributed by atoms with Gasteiger partial charge in [-0.3, -0.25) is 4.79 Å². The number of anilines is 1. The van der Waals surface area contributed by atoms with Gasteiger partial charge in [-0.15, -0.1) is 11.3 Å². The van der Waals surface area contributed by atoms with Crippen LogP contribution in [0.25, 0.3) is 0 Å². The first-order chi connectivity index (χ1) is 12.3. The van der Waals surface area contributed by atoms with E-state index in [1.54, 1.807) is 11.3 Å². The number of hydrogen-bond acceptors (Lipinski definition) is 5. The second-order valence-corrected chi connectivity index (χ2v) is 8.53. The van der Waals surface area contributed by atoms with Gasteiger partial charge in [-0.05, 0) is 30.0 Å². The third-order valence-electron chi connectivity index (χ3n) is 4.66. The van der Waals surface area contributed by atoms with E-state index in [2.05, 4.69) is 42.8 Å². The van der Waals surface area contributed by atoms with Crippen molar-refractivity contribution in [2.45, 2.75) is 39.2 Å². The number of rotatable bonds is 4. The van der Waals surface area contributed by atoms with E-state index in [1.807, 2.05) is 35.5 Å². The summed E-state index contributed by atoms with van der Waals surface area (Å²) in [5.41, 5.74) is 1.36. The molecule has 0 unspecified atom stereocenters. The molecule has 0 spiro atoms. The van der Waals surface area contributed by atoms with Gasteiger partial charge in [-0.1, -0.05) is 32.9 Å². The number of aromatic nitrogens is 1. The quantitative estimate of drug-likeness (QED) is 0.822. The first-order valence-electron chi connectivity index (χ1n) is 9.05. The molecule has 1 aromatic heterocycles. The standard InChI is InChI=1S/C20H27N3O2S/c1-15(25-17-7-5-16(6-8-17)20(2,3)4)18(24)22-10-12-23(13-11-22)19-21-9-14-26-19/h5-9,14-15H,10-13H2,1-4H3/t15-/m1/s1. The molecule has 1 aromatic carbocycles. The van der Waals surface area contributed by atoms with Gasteiger partial charge in [0.05, 0.1) is 0 Å². The van der Waals surface area contributed by atoms with Crippen molar-refractivity contribution in [2.75, 3.05) is 31.1 Å². The molecule has 1 fully saturated rings. The highest BCUT2D eigenvalue weighted by atomic mass is 32.1. The maximum atomic E-state index is 12.7. The molecule has 0 saturated carbocycles. The van der Waals surface area contributed by atoms with Crippen molar-refractivity contribution < 1.29 is 9.53 Å². The highest BCUT2D eigenvalue weighted by Crippen LogP contribution is 2.25. The predicted octanol–water partition coefficient (Wildman–Crippen LogP) is 3.56. The van der Waals surface area contributed by atoms with Crippen LogP contribution in [0.4, 0.5) is 5.13 Å². The van der Waals surface area contributed by atoms with Crippen molar-refractivity contribution in [3.8, 4) is 5.75 Å². The Bertz CT molecular complexity index is 715. The highest BCUT2D eigenvalue weighted by molar-refractivity contribution is 7.13. The molecule has 5 nitrogen and oxygen atoms in total. The van der Waals surface area contributed by atoms with Gasteiger partial charge in [0.1, 0.15) is 5.75 Å². The number of benzene rings is 1. The zero-order chi connectivity index (χ0) is 18.7. The Hall–Kier alpha value is -2.08. The monoisotopic (exact) mass is 373 g/mol. The fourth-order valence-corrected chi connectivity index (χ4v) is 3.73. The van der Waals surface area contributed by atoms with Crippen molar-refractivity contribution >= 4 is 22.4 Å². The molecule has 1 saturated heterocycles. The Labute approximate surface area is 159 Å². The molecule has 6 heteroatoms. The number of thiazole rings is 1. The van der Waals surface area contributed by atoms with Crippen LogP contribution < -0.4 is 9.64 Å². The van der Waals surface area contributed by atoms with Gasteiger partial charge in [0, 0.05) is 37.8 Å². The average molecular weight is 374 g/mol. The summed E-state index contributed by atoms with van der Waals surface area (Å²) in [6.45, 7) is 11.4. The summed E-state index contributed by atoms with van der Waals surface area (Å²) in [6, 6.07) is 8.04. The second-order valence-electron chi connectivity index (χ2n) is 7.66. The zero-order valence-corrected chi connectivity index (χ0v) is 16.8. The largest absolute Gasteiger partial charge is 0.481 e. The lowest BCUT2D eigenvalue weighted by molar-refractivity contribution is -0.138. The third kappa shape index (κ3) is 4.36. The Kier molecular flexibility index (Phi) is 5.51. The van der Waals surface area contributed by atoms with Crippen molar-refractivity contribution in [1.29, 1.82) is 0 Å². The molecule has 1 amide bonds. The molecule has 1 aliphatic rings. The van der Waals surface area contributed by atoms with E-state index in [0.717, 1.165) is 24.0 Å². The van der Waals surface area contributed by atoms with E-state index in [-0.39, 0.29) is 11.3 Å². The fourth-order valence-electron chi connectivity index (χ4n) is 3.04. The molecule has 3 rings (SSSR count). The molecular formula is C20H27N3O2S. The van der Waals surface area contributed by atoms with Crippen LogP contribution in [0.2, 0.25) is 0 Å². The van der Waals surface area contributed by atoms with Crippen molar-refractivity contribution in [3.05, 3.63) is 41.4 Å². The first-order valence-corrected chi connectivity index (χ1v) is 9.93. The minimum atomic E-state index is -0.484. The lowest BCUT2D eigenvalue weighted by Gasteiger charge is -2.35. The van der Waals surface area contributed by atoms with Crippen LogP contribution in [0, 0.1) is 0 Å². The molecule has 2 aromatic rings. The average Bonchev–Trinajstić information content (AvgIpc) is 3.15. The van der Waals surface area contributed by atoms with Crippen LogP contribution in [0.1, 0.15) is 33.3 Å². The van der Waals surface area contributed by atoms with Gasteiger partial charge in [0.25, 0.3) is 5.91 Å². The van der Waals surface area contributed by atoms with Gasteiger partial charge < -0.3 is 14.5 Å². The highest BCUT2D eigenvalue weighted by Gasteiger charge is 2.27. The molecule has 0 aliphatic carbocycles. The summed E-state index contributed by atoms with van der Waals surface area (Å²) in [5.74, 6) is 0.781. The number of carbonyl (C=O) groups excluding carboxylic acids is 1. The first kappa shape index (κ1) is 18.7. The van der Waals surface area contributed by atoms with Crippen molar-refractivity contribution in [1.82, 2.24) is 9.88 Å². The van der Waals surface area contributed by atoms with E-state index < -0.39 is 6.10 Å². The topological polar surface area (TPSA) is 45.7 Å². The summed E-state index contributed by atoms with van der Waals surface area (Å²) in [4.78, 5) is 21.1. The van der Waals surface area contributed by atoms with Gasteiger partial charge in [0.15, 0.2) is 11.2 Å². The minimum absolute atomic E-state index is 0.0451. The number of hydrogen-bond donors (Lipinski definition) is 0. The van der Waals surface area contributed by atoms with Gasteiger partial charge in [-0.2, -0.15) is 0 Å². The van der Waals surface area contributed by atoms with Gasteiger partial charge in [-0.25, -0.2) is 4.98 Å². The maximum absolute atomic E-state index is 12.7. The second kappa shape index (κ2) is 7.66. The fraction of sp³-hybridized carbons (Fsp3) is 0.500. The summed E-state index contributed by atoms with van der Waals surface area (Å²) in [6.07, 6.45) is 1.33. The summed E-state index contributed by atoms with van der Waals surface area (Å²) in [5, 5.41) is 3.01. The van der Waals surface area contributed by atoms with Gasteiger partial charge >= 0.3 is 0 Å². The Morgan fingerprint density at radius 2 is 1.81 bits per heavy atom. The van der Waals surface area contributed by atoms with Crippen LogP contribution >= 0.6 is 11.3 Å². The SMILES string of the molecule is C[C@@H](Oc1ccc(C(C)(C)C)cc1)C(=O)N1CCN(c2nccs2)CC1. The zero-order valence-electron chi connectivity index (χ0n) is 15.9. The van der Waals surface area contributed by atoms with Crippen LogP contribution in [0.3, 0.4) is 0 Å². The van der Waals surface area contributed by atoms with Gasteiger partial charge in [0.2, 0.25) is 0 Å². The summed E-state index contributed by atoms with van der Waals surface area (Å²) < 4.78 is 5.88. The number of nitrogens with zero attached hydrogens (tertiary/aromatic N) is 3. The van der Waals surface area contributed by atoms with Crippen LogP contribution in [0.5, 0.6) is 5.75 Å². The predicted molar refractivity (Wildman–Crippen MR) is 106 cm³/mol. The molecule has 26 heavy (non-hydrogen) atoms. The number of piperazine rings is 1. The van der Waals surface area contributed by atoms with Crippen molar-refractivity contribution in [3.63, 3.8) is 0 Å². The van der Waals surface area contributed by atoms with Crippen LogP contribution in [-0.4, -0.2) is 48.1 Å². The number of amides is 1. The van der Waals surface area contributed by atoms with Crippen LogP contribution in [-0.2, 0) is 10.2 Å². The molecule has 140 valence electrons. The van der Waals surface area contributed by atoms with E-state index in [9.17, 15) is 4.79 Å². The van der Waals surface area contributed by atoms with E-state index in [4.69, 9.17) is 4.74 Å². The van der Waals surface area contributed by atoms with E-state index in [1.165, 1.54) is 5.56 Å². The third-order valence-corrected chi connectivity index (χ3v) is 5.49. The summed E-state index contributed by atoms with van der Waals surface area (Å²) in [7, 11) is 0. The normalized spacial score (nSPS) is 16.5.